The topological polar surface area (TPSA) is 96.9 Å². The van der Waals surface area contributed by atoms with Crippen LogP contribution in [0.25, 0.3) is 0 Å². The molecule has 0 radical (unpaired) electrons. The predicted molar refractivity (Wildman–Crippen MR) is 77.7 cm³/mol. The number of benzene rings is 1. The van der Waals surface area contributed by atoms with E-state index in [2.05, 4.69) is 10.2 Å². The molecule has 1 atom stereocenters. The number of rotatable bonds is 5. The molecule has 1 unspecified atom stereocenters. The number of nitrogens with two attached hydrogens (primary N) is 1. The quantitative estimate of drug-likeness (QED) is 0.570. The molecule has 0 bridgehead atoms. The van der Waals surface area contributed by atoms with Crippen molar-refractivity contribution in [1.82, 2.24) is 14.8 Å². The van der Waals surface area contributed by atoms with Gasteiger partial charge in [0.1, 0.15) is 0 Å². The SMILES string of the molecule is Nc1cccc(C(O)CSc2n[nH]c(=O)n2C2CC2)c1. The predicted octanol–water partition coefficient (Wildman–Crippen LogP) is 1.31. The van der Waals surface area contributed by atoms with Gasteiger partial charge in [-0.3, -0.25) is 4.57 Å². The molecule has 0 amide bonds. The molecule has 6 nitrogen and oxygen atoms in total. The number of aliphatic hydroxyl groups excluding tert-OH is 1. The third-order valence-corrected chi connectivity index (χ3v) is 4.28. The van der Waals surface area contributed by atoms with Gasteiger partial charge in [0.25, 0.3) is 0 Å². The van der Waals surface area contributed by atoms with Crippen LogP contribution < -0.4 is 11.4 Å². The van der Waals surface area contributed by atoms with Crippen molar-refractivity contribution in [3.8, 4) is 0 Å². The summed E-state index contributed by atoms with van der Waals surface area (Å²) in [5.41, 5.74) is 6.92. The molecular weight excluding hydrogens is 276 g/mol. The first-order valence-electron chi connectivity index (χ1n) is 6.48. The minimum absolute atomic E-state index is 0.173. The fraction of sp³-hybridized carbons (Fsp3) is 0.385. The summed E-state index contributed by atoms with van der Waals surface area (Å²) >= 11 is 1.37. The summed E-state index contributed by atoms with van der Waals surface area (Å²) in [7, 11) is 0. The third-order valence-electron chi connectivity index (χ3n) is 3.25. The Kier molecular flexibility index (Phi) is 3.54. The third kappa shape index (κ3) is 2.73. The number of thioether (sulfide) groups is 1. The van der Waals surface area contributed by atoms with Crippen LogP contribution in [0, 0.1) is 0 Å². The molecule has 0 saturated heterocycles. The molecule has 106 valence electrons. The number of hydrogen-bond donors (Lipinski definition) is 3. The number of nitrogens with one attached hydrogen (secondary N) is 1. The standard InChI is InChI=1S/C13H16N4O2S/c14-9-3-1-2-8(6-9)11(18)7-20-13-16-15-12(19)17(13)10-4-5-10/h1-3,6,10-11,18H,4-5,7,14H2,(H,15,19). The molecule has 4 N–H and O–H groups in total. The van der Waals surface area contributed by atoms with Gasteiger partial charge in [-0.05, 0) is 30.5 Å². The van der Waals surface area contributed by atoms with Crippen molar-refractivity contribution in [2.45, 2.75) is 30.1 Å². The lowest BCUT2D eigenvalue weighted by atomic mass is 10.1. The van der Waals surface area contributed by atoms with Gasteiger partial charge in [-0.25, -0.2) is 9.89 Å². The lowest BCUT2D eigenvalue weighted by Gasteiger charge is -2.11. The van der Waals surface area contributed by atoms with Crippen molar-refractivity contribution < 1.29 is 5.11 Å². The second kappa shape index (κ2) is 5.34. The van der Waals surface area contributed by atoms with Gasteiger partial charge in [-0.1, -0.05) is 23.9 Å². The van der Waals surface area contributed by atoms with Crippen molar-refractivity contribution in [3.63, 3.8) is 0 Å². The largest absolute Gasteiger partial charge is 0.399 e. The maximum atomic E-state index is 11.6. The van der Waals surface area contributed by atoms with E-state index in [1.165, 1.54) is 11.8 Å². The van der Waals surface area contributed by atoms with E-state index in [0.717, 1.165) is 18.4 Å². The van der Waals surface area contributed by atoms with Crippen LogP contribution >= 0.6 is 11.8 Å². The van der Waals surface area contributed by atoms with Gasteiger partial charge < -0.3 is 10.8 Å². The Labute approximate surface area is 120 Å². The van der Waals surface area contributed by atoms with Crippen molar-refractivity contribution in [2.75, 3.05) is 11.5 Å². The summed E-state index contributed by atoms with van der Waals surface area (Å²) in [6.07, 6.45) is 1.40. The van der Waals surface area contributed by atoms with Crippen LogP contribution in [0.15, 0.2) is 34.2 Å². The highest BCUT2D eigenvalue weighted by molar-refractivity contribution is 7.99. The van der Waals surface area contributed by atoms with E-state index in [-0.39, 0.29) is 11.7 Å². The summed E-state index contributed by atoms with van der Waals surface area (Å²) in [5.74, 6) is 0.431. The van der Waals surface area contributed by atoms with E-state index in [9.17, 15) is 9.90 Å². The molecule has 1 aromatic carbocycles. The Morgan fingerprint density at radius 1 is 1.55 bits per heavy atom. The van der Waals surface area contributed by atoms with Crippen LogP contribution in [-0.2, 0) is 0 Å². The number of aromatic amines is 1. The molecule has 20 heavy (non-hydrogen) atoms. The van der Waals surface area contributed by atoms with E-state index in [0.29, 0.717) is 16.6 Å². The van der Waals surface area contributed by atoms with Crippen LogP contribution in [0.3, 0.4) is 0 Å². The average Bonchev–Trinajstić information content (AvgIpc) is 3.20. The maximum absolute atomic E-state index is 11.6. The minimum atomic E-state index is -0.636. The van der Waals surface area contributed by atoms with Gasteiger partial charge in [0.05, 0.1) is 6.10 Å². The summed E-state index contributed by atoms with van der Waals surface area (Å²) in [5, 5.41) is 17.3. The molecule has 1 fully saturated rings. The molecule has 0 aliphatic heterocycles. The molecule has 1 aliphatic rings. The molecule has 1 aliphatic carbocycles. The minimum Gasteiger partial charge on any atom is -0.399 e. The van der Waals surface area contributed by atoms with Gasteiger partial charge in [0, 0.05) is 17.5 Å². The van der Waals surface area contributed by atoms with Crippen molar-refractivity contribution in [1.29, 1.82) is 0 Å². The molecule has 1 heterocycles. The average molecular weight is 292 g/mol. The van der Waals surface area contributed by atoms with Crippen LogP contribution in [0.4, 0.5) is 5.69 Å². The molecule has 7 heteroatoms. The smallest absolute Gasteiger partial charge is 0.344 e. The van der Waals surface area contributed by atoms with Crippen LogP contribution in [0.1, 0.15) is 30.6 Å². The second-order valence-corrected chi connectivity index (χ2v) is 5.90. The number of aliphatic hydroxyl groups is 1. The molecule has 1 saturated carbocycles. The summed E-state index contributed by atoms with van der Waals surface area (Å²) in [6, 6.07) is 7.45. The first-order valence-corrected chi connectivity index (χ1v) is 7.47. The molecular formula is C13H16N4O2S. The number of aromatic nitrogens is 3. The fourth-order valence-electron chi connectivity index (χ4n) is 2.06. The highest BCUT2D eigenvalue weighted by Gasteiger charge is 2.28. The highest BCUT2D eigenvalue weighted by Crippen LogP contribution is 2.36. The monoisotopic (exact) mass is 292 g/mol. The molecule has 0 spiro atoms. The van der Waals surface area contributed by atoms with Crippen molar-refractivity contribution >= 4 is 17.4 Å². The number of H-pyrrole nitrogens is 1. The van der Waals surface area contributed by atoms with Crippen molar-refractivity contribution in [3.05, 3.63) is 40.3 Å². The van der Waals surface area contributed by atoms with Crippen LogP contribution in [0.2, 0.25) is 0 Å². The second-order valence-electron chi connectivity index (χ2n) is 4.91. The molecule has 1 aromatic heterocycles. The lowest BCUT2D eigenvalue weighted by molar-refractivity contribution is 0.204. The van der Waals surface area contributed by atoms with E-state index in [1.807, 2.05) is 12.1 Å². The van der Waals surface area contributed by atoms with Gasteiger partial charge in [-0.2, -0.15) is 0 Å². The normalized spacial score (nSPS) is 16.2. The zero-order valence-electron chi connectivity index (χ0n) is 10.8. The molecule has 2 aromatic rings. The zero-order chi connectivity index (χ0) is 14.1. The fourth-order valence-corrected chi connectivity index (χ4v) is 3.04. The Hall–Kier alpha value is -1.73. The van der Waals surface area contributed by atoms with E-state index in [4.69, 9.17) is 5.73 Å². The van der Waals surface area contributed by atoms with E-state index in [1.54, 1.807) is 16.7 Å². The number of hydrogen-bond acceptors (Lipinski definition) is 5. The van der Waals surface area contributed by atoms with Gasteiger partial charge in [0.15, 0.2) is 5.16 Å². The van der Waals surface area contributed by atoms with Gasteiger partial charge in [-0.15, -0.1) is 5.10 Å². The first-order chi connectivity index (χ1) is 9.65. The Morgan fingerprint density at radius 3 is 3.05 bits per heavy atom. The zero-order valence-corrected chi connectivity index (χ0v) is 11.6. The van der Waals surface area contributed by atoms with Gasteiger partial charge in [0.2, 0.25) is 0 Å². The van der Waals surface area contributed by atoms with Crippen LogP contribution in [-0.4, -0.2) is 25.6 Å². The van der Waals surface area contributed by atoms with Gasteiger partial charge >= 0.3 is 5.69 Å². The van der Waals surface area contributed by atoms with Crippen molar-refractivity contribution in [2.24, 2.45) is 0 Å². The first kappa shape index (κ1) is 13.3. The van der Waals surface area contributed by atoms with E-state index < -0.39 is 6.10 Å². The summed E-state index contributed by atoms with van der Waals surface area (Å²) in [6.45, 7) is 0. The maximum Gasteiger partial charge on any atom is 0.344 e. The van der Waals surface area contributed by atoms with E-state index >= 15 is 0 Å². The summed E-state index contributed by atoms with van der Waals surface area (Å²) < 4.78 is 1.68. The lowest BCUT2D eigenvalue weighted by Crippen LogP contribution is -2.16. The number of nitrogen functional groups attached to an aromatic ring is 1. The number of nitrogens with zero attached hydrogens (tertiary/aromatic N) is 2. The summed E-state index contributed by atoms with van der Waals surface area (Å²) in [4.78, 5) is 11.6. The molecule has 3 rings (SSSR count). The Balaban J connectivity index is 1.69. The Morgan fingerprint density at radius 2 is 2.35 bits per heavy atom. The van der Waals surface area contributed by atoms with Crippen LogP contribution in [0.5, 0.6) is 0 Å². The Bertz CT molecular complexity index is 662. The number of anilines is 1. The highest BCUT2D eigenvalue weighted by atomic mass is 32.2.